The van der Waals surface area contributed by atoms with E-state index in [0.717, 1.165) is 11.1 Å². The number of rotatable bonds is 4. The first kappa shape index (κ1) is 12.7. The summed E-state index contributed by atoms with van der Waals surface area (Å²) in [5, 5.41) is 19.3. The maximum Gasteiger partial charge on any atom is 0.269 e. The fourth-order valence-electron chi connectivity index (χ4n) is 1.42. The minimum atomic E-state index is -0.441. The summed E-state index contributed by atoms with van der Waals surface area (Å²) in [6.07, 6.45) is 2.11. The van der Waals surface area contributed by atoms with E-state index < -0.39 is 4.92 Å². The molecular weight excluding hydrogens is 218 g/mol. The van der Waals surface area contributed by atoms with Crippen molar-refractivity contribution in [2.24, 2.45) is 0 Å². The molecule has 0 fully saturated rings. The van der Waals surface area contributed by atoms with E-state index in [0.29, 0.717) is 0 Å². The van der Waals surface area contributed by atoms with Gasteiger partial charge in [-0.3, -0.25) is 10.1 Å². The molecular formula is C12H13N3O2. The van der Waals surface area contributed by atoms with E-state index in [-0.39, 0.29) is 12.1 Å². The normalized spacial score (nSPS) is 10.8. The topological polar surface area (TPSA) is 70.2 Å². The molecule has 0 saturated carbocycles. The van der Waals surface area contributed by atoms with Crippen molar-refractivity contribution >= 4 is 11.3 Å². The van der Waals surface area contributed by atoms with Crippen LogP contribution in [0.1, 0.15) is 12.0 Å². The molecule has 0 unspecified atom stereocenters. The van der Waals surface area contributed by atoms with Gasteiger partial charge in [-0.2, -0.15) is 5.26 Å². The number of allylic oxidation sites excluding steroid dienone is 1. The lowest BCUT2D eigenvalue weighted by Gasteiger charge is -2.09. The largest absolute Gasteiger partial charge is 0.383 e. The second kappa shape index (κ2) is 5.66. The Kier molecular flexibility index (Phi) is 4.23. The highest BCUT2D eigenvalue weighted by Crippen LogP contribution is 2.21. The maximum atomic E-state index is 10.5. The summed E-state index contributed by atoms with van der Waals surface area (Å²) in [6, 6.07) is 8.28. The quantitative estimate of drug-likeness (QED) is 0.589. The number of nitro benzene ring substituents is 1. The molecule has 88 valence electrons. The Morgan fingerprint density at radius 2 is 2.06 bits per heavy atom. The first-order chi connectivity index (χ1) is 8.04. The van der Waals surface area contributed by atoms with Gasteiger partial charge in [0, 0.05) is 32.4 Å². The van der Waals surface area contributed by atoms with Crippen LogP contribution in [-0.2, 0) is 0 Å². The van der Waals surface area contributed by atoms with E-state index in [9.17, 15) is 10.1 Å². The summed E-state index contributed by atoms with van der Waals surface area (Å²) in [7, 11) is 3.73. The van der Waals surface area contributed by atoms with E-state index in [2.05, 4.69) is 6.07 Å². The Bertz CT molecular complexity index is 470. The smallest absolute Gasteiger partial charge is 0.269 e. The molecule has 0 atom stereocenters. The van der Waals surface area contributed by atoms with Gasteiger partial charge < -0.3 is 4.90 Å². The number of nitriles is 1. The molecule has 0 aliphatic heterocycles. The standard InChI is InChI=1S/C12H13N3O2/c1-14(2)9-11(7-8-13)10-3-5-12(6-4-10)15(16)17/h3-6,9H,7H2,1-2H3/b11-9-. The van der Waals surface area contributed by atoms with Gasteiger partial charge in [0.25, 0.3) is 5.69 Å². The van der Waals surface area contributed by atoms with Crippen molar-refractivity contribution in [1.29, 1.82) is 5.26 Å². The van der Waals surface area contributed by atoms with Gasteiger partial charge in [-0.15, -0.1) is 0 Å². The van der Waals surface area contributed by atoms with Crippen molar-refractivity contribution in [3.8, 4) is 6.07 Å². The molecule has 1 aromatic carbocycles. The highest BCUT2D eigenvalue weighted by Gasteiger charge is 2.07. The zero-order valence-corrected chi connectivity index (χ0v) is 9.75. The molecule has 5 heteroatoms. The lowest BCUT2D eigenvalue weighted by atomic mass is 10.0. The third kappa shape index (κ3) is 3.61. The Hall–Kier alpha value is -2.35. The fraction of sp³-hybridized carbons (Fsp3) is 0.250. The van der Waals surface area contributed by atoms with E-state index >= 15 is 0 Å². The van der Waals surface area contributed by atoms with Gasteiger partial charge in [0.1, 0.15) is 0 Å². The lowest BCUT2D eigenvalue weighted by molar-refractivity contribution is -0.384. The molecule has 0 amide bonds. The molecule has 0 bridgehead atoms. The average Bonchev–Trinajstić information content (AvgIpc) is 2.28. The van der Waals surface area contributed by atoms with Gasteiger partial charge in [-0.25, -0.2) is 0 Å². The van der Waals surface area contributed by atoms with Crippen molar-refractivity contribution in [1.82, 2.24) is 4.90 Å². The summed E-state index contributed by atoms with van der Waals surface area (Å²) in [5.74, 6) is 0. The van der Waals surface area contributed by atoms with Crippen LogP contribution in [0.3, 0.4) is 0 Å². The third-order valence-electron chi connectivity index (χ3n) is 2.13. The number of non-ortho nitro benzene ring substituents is 1. The van der Waals surface area contributed by atoms with Crippen molar-refractivity contribution in [2.45, 2.75) is 6.42 Å². The highest BCUT2D eigenvalue weighted by molar-refractivity contribution is 5.67. The maximum absolute atomic E-state index is 10.5. The van der Waals surface area contributed by atoms with Crippen molar-refractivity contribution < 1.29 is 4.92 Å². The van der Waals surface area contributed by atoms with Crippen LogP contribution in [0.15, 0.2) is 30.5 Å². The predicted octanol–water partition coefficient (Wildman–Crippen LogP) is 2.41. The molecule has 0 saturated heterocycles. The van der Waals surface area contributed by atoms with Gasteiger partial charge in [-0.05, 0) is 23.3 Å². The van der Waals surface area contributed by atoms with Crippen molar-refractivity contribution in [2.75, 3.05) is 14.1 Å². The summed E-state index contributed by atoms with van der Waals surface area (Å²) in [4.78, 5) is 11.9. The van der Waals surface area contributed by atoms with Crippen LogP contribution in [0.25, 0.3) is 5.57 Å². The average molecular weight is 231 g/mol. The molecule has 1 rings (SSSR count). The van der Waals surface area contributed by atoms with Crippen LogP contribution in [0, 0.1) is 21.4 Å². The van der Waals surface area contributed by atoms with Crippen LogP contribution in [0.4, 0.5) is 5.69 Å². The van der Waals surface area contributed by atoms with Crippen molar-refractivity contribution in [3.63, 3.8) is 0 Å². The Balaban J connectivity index is 3.04. The summed E-state index contributed by atoms with van der Waals surface area (Å²) < 4.78 is 0. The van der Waals surface area contributed by atoms with Crippen LogP contribution in [0.5, 0.6) is 0 Å². The minimum Gasteiger partial charge on any atom is -0.383 e. The van der Waals surface area contributed by atoms with E-state index in [1.165, 1.54) is 12.1 Å². The van der Waals surface area contributed by atoms with Gasteiger partial charge in [0.15, 0.2) is 0 Å². The molecule has 5 nitrogen and oxygen atoms in total. The van der Waals surface area contributed by atoms with E-state index in [4.69, 9.17) is 5.26 Å². The SMILES string of the molecule is CN(C)/C=C(/CC#N)c1ccc([N+](=O)[O-])cc1. The van der Waals surface area contributed by atoms with Gasteiger partial charge in [0.05, 0.1) is 17.4 Å². The van der Waals surface area contributed by atoms with Crippen LogP contribution >= 0.6 is 0 Å². The molecule has 1 aromatic rings. The fourth-order valence-corrected chi connectivity index (χ4v) is 1.42. The number of benzene rings is 1. The van der Waals surface area contributed by atoms with Crippen LogP contribution in [0.2, 0.25) is 0 Å². The molecule has 0 heterocycles. The third-order valence-corrected chi connectivity index (χ3v) is 2.13. The summed E-state index contributed by atoms with van der Waals surface area (Å²) in [5.41, 5.74) is 1.72. The van der Waals surface area contributed by atoms with Gasteiger partial charge >= 0.3 is 0 Å². The molecule has 0 aromatic heterocycles. The van der Waals surface area contributed by atoms with Crippen molar-refractivity contribution in [3.05, 3.63) is 46.1 Å². The molecule has 17 heavy (non-hydrogen) atoms. The Morgan fingerprint density at radius 3 is 2.47 bits per heavy atom. The summed E-state index contributed by atoms with van der Waals surface area (Å²) in [6.45, 7) is 0. The lowest BCUT2D eigenvalue weighted by Crippen LogP contribution is -2.02. The number of hydrogen-bond acceptors (Lipinski definition) is 4. The van der Waals surface area contributed by atoms with Crippen LogP contribution < -0.4 is 0 Å². The molecule has 0 N–H and O–H groups in total. The molecule has 0 spiro atoms. The Morgan fingerprint density at radius 1 is 1.47 bits per heavy atom. The predicted molar refractivity (Wildman–Crippen MR) is 65.0 cm³/mol. The second-order valence-corrected chi connectivity index (χ2v) is 3.76. The summed E-state index contributed by atoms with van der Waals surface area (Å²) >= 11 is 0. The Labute approximate surface area is 99.7 Å². The van der Waals surface area contributed by atoms with E-state index in [1.807, 2.05) is 25.2 Å². The van der Waals surface area contributed by atoms with E-state index in [1.54, 1.807) is 12.1 Å². The first-order valence-corrected chi connectivity index (χ1v) is 5.03. The molecule has 0 aliphatic rings. The van der Waals surface area contributed by atoms with Crippen LogP contribution in [-0.4, -0.2) is 23.9 Å². The first-order valence-electron chi connectivity index (χ1n) is 5.03. The minimum absolute atomic E-state index is 0.0508. The zero-order chi connectivity index (χ0) is 12.8. The number of nitrogens with zero attached hydrogens (tertiary/aromatic N) is 3. The molecule has 0 radical (unpaired) electrons. The number of hydrogen-bond donors (Lipinski definition) is 0. The highest BCUT2D eigenvalue weighted by atomic mass is 16.6. The number of nitro groups is 1. The molecule has 0 aliphatic carbocycles. The van der Waals surface area contributed by atoms with Gasteiger partial charge in [0.2, 0.25) is 0 Å². The van der Waals surface area contributed by atoms with Gasteiger partial charge in [-0.1, -0.05) is 0 Å². The zero-order valence-electron chi connectivity index (χ0n) is 9.75. The second-order valence-electron chi connectivity index (χ2n) is 3.76. The monoisotopic (exact) mass is 231 g/mol.